The van der Waals surface area contributed by atoms with Gasteiger partial charge in [-0.2, -0.15) is 0 Å². The molecule has 0 unspecified atom stereocenters. The Hall–Kier alpha value is -7.17. The van der Waals surface area contributed by atoms with Gasteiger partial charge in [0.1, 0.15) is 11.2 Å². The monoisotopic (exact) mass is 672 g/mol. The molecule has 0 N–H and O–H groups in total. The number of hydrogen-bond acceptors (Lipinski definition) is 1. The van der Waals surface area contributed by atoms with Gasteiger partial charge in [-0.15, -0.1) is 0 Å². The second-order valence-corrected chi connectivity index (χ2v) is 14.3. The fourth-order valence-corrected chi connectivity index (χ4v) is 9.66. The summed E-state index contributed by atoms with van der Waals surface area (Å²) in [5.41, 5.74) is 16.5. The Balaban J connectivity index is 1.24. The number of rotatable bonds is 2. The van der Waals surface area contributed by atoms with Crippen molar-refractivity contribution in [3.63, 3.8) is 0 Å². The maximum Gasteiger partial charge on any atom is 0.146 e. The van der Waals surface area contributed by atoms with Gasteiger partial charge in [-0.05, 0) is 70.1 Å². The first-order valence-corrected chi connectivity index (χ1v) is 18.2. The van der Waals surface area contributed by atoms with E-state index >= 15 is 0 Å². The number of fused-ring (bicyclic) bond motifs is 17. The van der Waals surface area contributed by atoms with Crippen LogP contribution in [0.5, 0.6) is 0 Å². The first-order valence-electron chi connectivity index (χ1n) is 18.2. The third-order valence-corrected chi connectivity index (χ3v) is 11.7. The highest BCUT2D eigenvalue weighted by Gasteiger charge is 2.27. The van der Waals surface area contributed by atoms with Gasteiger partial charge in [0.15, 0.2) is 0 Å². The van der Waals surface area contributed by atoms with Crippen LogP contribution in [0.2, 0.25) is 0 Å². The van der Waals surface area contributed by atoms with Gasteiger partial charge >= 0.3 is 0 Å². The molecule has 8 aromatic carbocycles. The summed E-state index contributed by atoms with van der Waals surface area (Å²) < 4.78 is 7.35. The van der Waals surface area contributed by atoms with Crippen LogP contribution >= 0.6 is 0 Å². The number of hydrogen-bond donors (Lipinski definition) is 0. The van der Waals surface area contributed by atoms with E-state index in [4.69, 9.17) is 4.98 Å². The van der Waals surface area contributed by atoms with Gasteiger partial charge in [-0.1, -0.05) is 127 Å². The highest BCUT2D eigenvalue weighted by molar-refractivity contribution is 6.25. The fourth-order valence-electron chi connectivity index (χ4n) is 9.66. The molecule has 53 heavy (non-hydrogen) atoms. The van der Waals surface area contributed by atoms with Crippen LogP contribution in [-0.2, 0) is 0 Å². The summed E-state index contributed by atoms with van der Waals surface area (Å²) in [4.78, 5) is 5.63. The van der Waals surface area contributed by atoms with Crippen LogP contribution in [0.3, 0.4) is 0 Å². The largest absolute Gasteiger partial charge is 0.307 e. The lowest BCUT2D eigenvalue weighted by atomic mass is 10.0. The predicted molar refractivity (Wildman–Crippen MR) is 221 cm³/mol. The van der Waals surface area contributed by atoms with Crippen molar-refractivity contribution in [3.8, 4) is 33.6 Å². The Morgan fingerprint density at radius 2 is 0.943 bits per heavy atom. The second-order valence-electron chi connectivity index (χ2n) is 14.3. The van der Waals surface area contributed by atoms with Crippen LogP contribution in [0, 0.1) is 0 Å². The van der Waals surface area contributed by atoms with Crippen molar-refractivity contribution in [3.05, 3.63) is 170 Å². The first kappa shape index (κ1) is 27.5. The zero-order valence-corrected chi connectivity index (χ0v) is 28.5. The van der Waals surface area contributed by atoms with Crippen molar-refractivity contribution in [2.75, 3.05) is 0 Å². The topological polar surface area (TPSA) is 27.2 Å². The summed E-state index contributed by atoms with van der Waals surface area (Å²) in [5.74, 6) is 0. The van der Waals surface area contributed by atoms with Gasteiger partial charge in [0, 0.05) is 38.0 Å². The van der Waals surface area contributed by atoms with Crippen molar-refractivity contribution >= 4 is 82.0 Å². The van der Waals surface area contributed by atoms with Gasteiger partial charge in [0.05, 0.1) is 38.8 Å². The maximum atomic E-state index is 5.63. The predicted octanol–water partition coefficient (Wildman–Crippen LogP) is 12.6. The Morgan fingerprint density at radius 3 is 1.75 bits per heavy atom. The van der Waals surface area contributed by atoms with Gasteiger partial charge < -0.3 is 9.13 Å². The Kier molecular flexibility index (Phi) is 5.08. The SMILES string of the molecule is c1ccc(-n2c3ccccc3c3ccc4c(nc5c6ccccc6c6c(c7ccccc7n6-c6ccc7c8c(cccc68)-c6ccccc6-7)n45)c32)cc1. The molecule has 1 aliphatic carbocycles. The summed E-state index contributed by atoms with van der Waals surface area (Å²) in [6, 6.07) is 62.0. The summed E-state index contributed by atoms with van der Waals surface area (Å²) >= 11 is 0. The van der Waals surface area contributed by atoms with Crippen molar-refractivity contribution in [1.29, 1.82) is 0 Å². The summed E-state index contributed by atoms with van der Waals surface area (Å²) in [6.07, 6.45) is 0. The minimum Gasteiger partial charge on any atom is -0.307 e. The Labute approximate surface area is 303 Å². The minimum atomic E-state index is 0.972. The summed E-state index contributed by atoms with van der Waals surface area (Å²) in [6.45, 7) is 0. The molecular weight excluding hydrogens is 645 g/mol. The molecule has 4 heterocycles. The van der Waals surface area contributed by atoms with E-state index in [9.17, 15) is 0 Å². The van der Waals surface area contributed by atoms with E-state index in [1.165, 1.54) is 82.3 Å². The number of nitrogens with zero attached hydrogens (tertiary/aromatic N) is 4. The van der Waals surface area contributed by atoms with Gasteiger partial charge in [-0.3, -0.25) is 4.40 Å². The van der Waals surface area contributed by atoms with Crippen molar-refractivity contribution in [1.82, 2.24) is 18.5 Å². The van der Waals surface area contributed by atoms with Gasteiger partial charge in [-0.25, -0.2) is 4.98 Å². The molecule has 1 aliphatic rings. The van der Waals surface area contributed by atoms with Gasteiger partial charge in [0.2, 0.25) is 0 Å². The number of imidazole rings is 1. The third kappa shape index (κ3) is 3.34. The quantitative estimate of drug-likeness (QED) is 0.180. The number of pyridine rings is 1. The van der Waals surface area contributed by atoms with E-state index in [0.717, 1.165) is 33.3 Å². The smallest absolute Gasteiger partial charge is 0.146 e. The van der Waals surface area contributed by atoms with Crippen LogP contribution in [0.25, 0.3) is 116 Å². The van der Waals surface area contributed by atoms with Gasteiger partial charge in [0.25, 0.3) is 0 Å². The average molecular weight is 673 g/mol. The van der Waals surface area contributed by atoms with Crippen LogP contribution in [0.4, 0.5) is 0 Å². The summed E-state index contributed by atoms with van der Waals surface area (Å²) in [7, 11) is 0. The molecule has 0 radical (unpaired) electrons. The molecule has 0 aliphatic heterocycles. The molecule has 12 aromatic rings. The molecule has 4 heteroatoms. The molecule has 4 nitrogen and oxygen atoms in total. The fraction of sp³-hybridized carbons (Fsp3) is 0. The molecule has 0 saturated carbocycles. The van der Waals surface area contributed by atoms with E-state index in [1.54, 1.807) is 0 Å². The normalized spacial score (nSPS) is 12.5. The zero-order valence-electron chi connectivity index (χ0n) is 28.5. The second kappa shape index (κ2) is 9.78. The van der Waals surface area contributed by atoms with Crippen molar-refractivity contribution in [2.24, 2.45) is 0 Å². The van der Waals surface area contributed by atoms with Crippen LogP contribution in [0.1, 0.15) is 0 Å². The van der Waals surface area contributed by atoms with Crippen LogP contribution in [0.15, 0.2) is 170 Å². The molecule has 0 bridgehead atoms. The molecule has 0 spiro atoms. The molecule has 0 fully saturated rings. The zero-order chi connectivity index (χ0) is 34.4. The lowest BCUT2D eigenvalue weighted by molar-refractivity contribution is 1.18. The van der Waals surface area contributed by atoms with Crippen LogP contribution in [-0.4, -0.2) is 18.5 Å². The minimum absolute atomic E-state index is 0.972. The van der Waals surface area contributed by atoms with E-state index in [2.05, 4.69) is 183 Å². The molecule has 13 rings (SSSR count). The number of para-hydroxylation sites is 3. The molecule has 0 saturated heterocycles. The molecule has 0 amide bonds. The van der Waals surface area contributed by atoms with Crippen molar-refractivity contribution < 1.29 is 0 Å². The highest BCUT2D eigenvalue weighted by Crippen LogP contribution is 2.50. The lowest BCUT2D eigenvalue weighted by Crippen LogP contribution is -1.98. The first-order chi connectivity index (χ1) is 26.3. The van der Waals surface area contributed by atoms with Crippen molar-refractivity contribution in [2.45, 2.75) is 0 Å². The molecule has 4 aromatic heterocycles. The maximum absolute atomic E-state index is 5.63. The molecule has 0 atom stereocenters. The summed E-state index contributed by atoms with van der Waals surface area (Å²) in [5, 5.41) is 8.54. The Morgan fingerprint density at radius 1 is 0.340 bits per heavy atom. The number of benzene rings is 8. The highest BCUT2D eigenvalue weighted by atomic mass is 15.1. The van der Waals surface area contributed by atoms with E-state index in [0.29, 0.717) is 0 Å². The van der Waals surface area contributed by atoms with E-state index < -0.39 is 0 Å². The standard InChI is InChI=1S/C49H28N4/c1-2-13-29(14-3-1)51-40-23-10-8-17-32(40)36-26-28-43-45(46(36)51)50-49-37-19-7-6-18-35(37)47-48(53(43)49)39-20-9-11-24-41(39)52(47)42-27-25-34-31-16-5-4-15-30(31)33-21-12-22-38(42)44(33)34/h1-28H. The number of aromatic nitrogens is 4. The molecule has 244 valence electrons. The third-order valence-electron chi connectivity index (χ3n) is 11.7. The molecular formula is C49H28N4. The lowest BCUT2D eigenvalue weighted by Gasteiger charge is -2.15. The van der Waals surface area contributed by atoms with Crippen LogP contribution < -0.4 is 0 Å². The van der Waals surface area contributed by atoms with E-state index in [1.807, 2.05) is 0 Å². The average Bonchev–Trinajstić information content (AvgIpc) is 3.96. The van der Waals surface area contributed by atoms with E-state index in [-0.39, 0.29) is 0 Å². The Bertz CT molecular complexity index is 3530.